The van der Waals surface area contributed by atoms with Gasteiger partial charge in [-0.2, -0.15) is 0 Å². The van der Waals surface area contributed by atoms with Crippen LogP contribution >= 0.6 is 0 Å². The number of pyridine rings is 1. The Morgan fingerprint density at radius 1 is 1.06 bits per heavy atom. The first-order chi connectivity index (χ1) is 15.5. The molecule has 0 saturated carbocycles. The van der Waals surface area contributed by atoms with Gasteiger partial charge in [0.2, 0.25) is 11.8 Å². The molecule has 1 aromatic carbocycles. The van der Waals surface area contributed by atoms with E-state index in [1.807, 2.05) is 0 Å². The fourth-order valence-electron chi connectivity index (χ4n) is 3.52. The van der Waals surface area contributed by atoms with Gasteiger partial charge in [-0.3, -0.25) is 9.59 Å². The van der Waals surface area contributed by atoms with Gasteiger partial charge in [0, 0.05) is 43.9 Å². The van der Waals surface area contributed by atoms with Crippen molar-refractivity contribution in [2.75, 3.05) is 52.9 Å². The number of hydrogen-bond acceptors (Lipinski definition) is 7. The van der Waals surface area contributed by atoms with Crippen LogP contribution in [0.1, 0.15) is 23.2 Å². The zero-order chi connectivity index (χ0) is 22.9. The Hall–Kier alpha value is -3.33. The Morgan fingerprint density at radius 3 is 2.38 bits per heavy atom. The quantitative estimate of drug-likeness (QED) is 0.595. The number of likely N-dealkylation sites (tertiary alicyclic amines) is 1. The first-order valence-electron chi connectivity index (χ1n) is 10.5. The summed E-state index contributed by atoms with van der Waals surface area (Å²) in [5.41, 5.74) is 1.02. The van der Waals surface area contributed by atoms with Gasteiger partial charge in [0.25, 0.3) is 5.91 Å². The molecule has 2 amide bonds. The van der Waals surface area contributed by atoms with Gasteiger partial charge in [-0.1, -0.05) is 0 Å². The zero-order valence-corrected chi connectivity index (χ0v) is 18.6. The van der Waals surface area contributed by atoms with Crippen LogP contribution in [0.4, 0.5) is 5.69 Å². The predicted molar refractivity (Wildman–Crippen MR) is 118 cm³/mol. The van der Waals surface area contributed by atoms with Crippen LogP contribution < -0.4 is 19.5 Å². The number of carbonyl (C=O) groups excluding carboxylic acids is 2. The van der Waals surface area contributed by atoms with E-state index in [1.54, 1.807) is 62.8 Å². The third kappa shape index (κ3) is 5.88. The molecule has 1 N–H and O–H groups in total. The molecule has 0 bridgehead atoms. The number of piperidine rings is 1. The van der Waals surface area contributed by atoms with E-state index in [-0.39, 0.29) is 17.7 Å². The van der Waals surface area contributed by atoms with E-state index in [9.17, 15) is 9.59 Å². The van der Waals surface area contributed by atoms with Crippen LogP contribution in [0, 0.1) is 5.92 Å². The summed E-state index contributed by atoms with van der Waals surface area (Å²) in [7, 11) is 4.68. The highest BCUT2D eigenvalue weighted by molar-refractivity contribution is 5.96. The fraction of sp³-hybridized carbons (Fsp3) is 0.435. The predicted octanol–water partition coefficient (Wildman–Crippen LogP) is 2.61. The number of ether oxygens (including phenoxy) is 4. The molecule has 3 rings (SSSR count). The van der Waals surface area contributed by atoms with Crippen molar-refractivity contribution >= 4 is 17.5 Å². The van der Waals surface area contributed by atoms with Gasteiger partial charge in [0.15, 0.2) is 0 Å². The molecular weight excluding hydrogens is 414 g/mol. The monoisotopic (exact) mass is 443 g/mol. The molecule has 0 aliphatic carbocycles. The molecule has 1 aromatic heterocycles. The van der Waals surface area contributed by atoms with Gasteiger partial charge in [0.05, 0.1) is 20.8 Å². The van der Waals surface area contributed by atoms with Crippen molar-refractivity contribution in [2.45, 2.75) is 12.8 Å². The summed E-state index contributed by atoms with van der Waals surface area (Å²) in [6.45, 7) is 1.74. The minimum Gasteiger partial charge on any atom is -0.497 e. The summed E-state index contributed by atoms with van der Waals surface area (Å²) in [5, 5.41) is 2.91. The Balaban J connectivity index is 1.58. The summed E-state index contributed by atoms with van der Waals surface area (Å²) in [6.07, 6.45) is 2.74. The normalized spacial score (nSPS) is 14.0. The minimum absolute atomic E-state index is 0.107. The lowest BCUT2D eigenvalue weighted by molar-refractivity contribution is -0.121. The Kier molecular flexibility index (Phi) is 8.27. The van der Waals surface area contributed by atoms with E-state index < -0.39 is 0 Å². The molecule has 1 aliphatic heterocycles. The first-order valence-corrected chi connectivity index (χ1v) is 10.5. The molecular formula is C23H29N3O6. The second-order valence-electron chi connectivity index (χ2n) is 7.35. The van der Waals surface area contributed by atoms with E-state index in [0.29, 0.717) is 67.8 Å². The van der Waals surface area contributed by atoms with Crippen LogP contribution in [0.25, 0.3) is 0 Å². The van der Waals surface area contributed by atoms with Gasteiger partial charge in [-0.15, -0.1) is 0 Å². The van der Waals surface area contributed by atoms with Crippen molar-refractivity contribution in [1.82, 2.24) is 9.88 Å². The number of hydrogen-bond donors (Lipinski definition) is 1. The van der Waals surface area contributed by atoms with Crippen LogP contribution in [0.5, 0.6) is 17.4 Å². The van der Waals surface area contributed by atoms with Crippen molar-refractivity contribution in [3.05, 3.63) is 42.1 Å². The lowest BCUT2D eigenvalue weighted by atomic mass is 9.95. The van der Waals surface area contributed by atoms with Crippen molar-refractivity contribution < 1.29 is 28.5 Å². The van der Waals surface area contributed by atoms with Gasteiger partial charge in [-0.05, 0) is 37.1 Å². The van der Waals surface area contributed by atoms with Crippen LogP contribution in [-0.4, -0.2) is 69.3 Å². The van der Waals surface area contributed by atoms with Crippen LogP contribution in [-0.2, 0) is 9.53 Å². The molecule has 0 unspecified atom stereocenters. The summed E-state index contributed by atoms with van der Waals surface area (Å²) in [4.78, 5) is 31.7. The molecule has 32 heavy (non-hydrogen) atoms. The van der Waals surface area contributed by atoms with Gasteiger partial charge in [0.1, 0.15) is 23.8 Å². The number of nitrogens with zero attached hydrogens (tertiary/aromatic N) is 2. The molecule has 0 spiro atoms. The SMILES string of the molecule is COCCOc1ncccc1NC(=O)C1CCN(C(=O)c2cc(OC)cc(OC)c2)CC1. The molecule has 0 atom stereocenters. The molecule has 1 saturated heterocycles. The van der Waals surface area contributed by atoms with Crippen LogP contribution in [0.15, 0.2) is 36.5 Å². The van der Waals surface area contributed by atoms with E-state index in [0.717, 1.165) is 0 Å². The van der Waals surface area contributed by atoms with E-state index in [4.69, 9.17) is 18.9 Å². The number of carbonyl (C=O) groups is 2. The van der Waals surface area contributed by atoms with Gasteiger partial charge in [-0.25, -0.2) is 4.98 Å². The van der Waals surface area contributed by atoms with E-state index in [1.165, 1.54) is 0 Å². The fourth-order valence-corrected chi connectivity index (χ4v) is 3.52. The average molecular weight is 444 g/mol. The summed E-state index contributed by atoms with van der Waals surface area (Å²) in [6, 6.07) is 8.59. The van der Waals surface area contributed by atoms with Crippen LogP contribution in [0.2, 0.25) is 0 Å². The van der Waals surface area contributed by atoms with Crippen molar-refractivity contribution in [1.29, 1.82) is 0 Å². The number of aromatic nitrogens is 1. The third-order valence-corrected chi connectivity index (χ3v) is 5.31. The number of nitrogens with one attached hydrogen (secondary N) is 1. The summed E-state index contributed by atoms with van der Waals surface area (Å²) >= 11 is 0. The van der Waals surface area contributed by atoms with E-state index >= 15 is 0 Å². The average Bonchev–Trinajstić information content (AvgIpc) is 2.84. The van der Waals surface area contributed by atoms with Crippen LogP contribution in [0.3, 0.4) is 0 Å². The Labute approximate surface area is 187 Å². The molecule has 1 aliphatic rings. The number of anilines is 1. The Morgan fingerprint density at radius 2 is 1.75 bits per heavy atom. The standard InChI is InChI=1S/C23H29N3O6/c1-29-11-12-32-22-20(5-4-8-24-22)25-21(27)16-6-9-26(10-7-16)23(28)17-13-18(30-2)15-19(14-17)31-3/h4-5,8,13-16H,6-7,9-12H2,1-3H3,(H,25,27). The first kappa shape index (κ1) is 23.3. The van der Waals surface area contributed by atoms with Crippen molar-refractivity contribution in [2.24, 2.45) is 5.92 Å². The molecule has 9 heteroatoms. The molecule has 172 valence electrons. The van der Waals surface area contributed by atoms with Crippen molar-refractivity contribution in [3.8, 4) is 17.4 Å². The second-order valence-corrected chi connectivity index (χ2v) is 7.35. The Bertz CT molecular complexity index is 905. The number of amides is 2. The number of rotatable bonds is 9. The van der Waals surface area contributed by atoms with E-state index in [2.05, 4.69) is 10.3 Å². The second kappa shape index (κ2) is 11.3. The van der Waals surface area contributed by atoms with Gasteiger partial charge >= 0.3 is 0 Å². The summed E-state index contributed by atoms with van der Waals surface area (Å²) < 4.78 is 21.1. The molecule has 9 nitrogen and oxygen atoms in total. The molecule has 0 radical (unpaired) electrons. The third-order valence-electron chi connectivity index (χ3n) is 5.31. The lowest BCUT2D eigenvalue weighted by Gasteiger charge is -2.31. The molecule has 2 heterocycles. The largest absolute Gasteiger partial charge is 0.497 e. The number of benzene rings is 1. The topological polar surface area (TPSA) is 99.2 Å². The highest BCUT2D eigenvalue weighted by Crippen LogP contribution is 2.27. The highest BCUT2D eigenvalue weighted by atomic mass is 16.5. The summed E-state index contributed by atoms with van der Waals surface area (Å²) in [5.74, 6) is 1.05. The lowest BCUT2D eigenvalue weighted by Crippen LogP contribution is -2.41. The van der Waals surface area contributed by atoms with Crippen molar-refractivity contribution in [3.63, 3.8) is 0 Å². The number of methoxy groups -OCH3 is 3. The molecule has 1 fully saturated rings. The van der Waals surface area contributed by atoms with Gasteiger partial charge < -0.3 is 29.2 Å². The highest BCUT2D eigenvalue weighted by Gasteiger charge is 2.29. The maximum atomic E-state index is 13.0. The zero-order valence-electron chi connectivity index (χ0n) is 18.6. The molecule has 2 aromatic rings. The maximum Gasteiger partial charge on any atom is 0.254 e. The smallest absolute Gasteiger partial charge is 0.254 e. The maximum absolute atomic E-state index is 13.0. The minimum atomic E-state index is -0.203.